The molecule has 0 spiro atoms. The lowest BCUT2D eigenvalue weighted by Crippen LogP contribution is -2.04. The van der Waals surface area contributed by atoms with E-state index in [4.69, 9.17) is 4.74 Å². The van der Waals surface area contributed by atoms with E-state index in [0.717, 1.165) is 24.2 Å². The number of hydrogen-bond acceptors (Lipinski definition) is 3. The first-order valence-corrected chi connectivity index (χ1v) is 4.37. The van der Waals surface area contributed by atoms with E-state index in [-0.39, 0.29) is 5.97 Å². The Morgan fingerprint density at radius 3 is 2.85 bits per heavy atom. The predicted molar refractivity (Wildman–Crippen MR) is 46.6 cm³/mol. The minimum absolute atomic E-state index is 0.284. The average molecular weight is 180 g/mol. The van der Waals surface area contributed by atoms with Gasteiger partial charge in [-0.25, -0.2) is 4.79 Å². The van der Waals surface area contributed by atoms with Crippen molar-refractivity contribution < 1.29 is 9.53 Å². The maximum Gasteiger partial charge on any atom is 0.341 e. The van der Waals surface area contributed by atoms with Crippen LogP contribution in [0.1, 0.15) is 40.5 Å². The lowest BCUT2D eigenvalue weighted by molar-refractivity contribution is 0.0598. The number of esters is 1. The van der Waals surface area contributed by atoms with E-state index in [0.29, 0.717) is 11.5 Å². The van der Waals surface area contributed by atoms with Gasteiger partial charge in [0, 0.05) is 11.6 Å². The molecule has 0 unspecified atom stereocenters. The smallest absolute Gasteiger partial charge is 0.341 e. The zero-order valence-electron chi connectivity index (χ0n) is 7.76. The number of carbonyl (C=O) groups is 1. The van der Waals surface area contributed by atoms with Gasteiger partial charge in [0.2, 0.25) is 0 Å². The number of hydrogen-bond donors (Lipinski definition) is 1. The molecule has 70 valence electrons. The normalized spacial score (nSPS) is 15.8. The molecular formula is C9H12N2O2. The number of H-pyrrole nitrogens is 1. The van der Waals surface area contributed by atoms with Crippen LogP contribution >= 0.6 is 0 Å². The zero-order valence-corrected chi connectivity index (χ0v) is 7.76. The summed E-state index contributed by atoms with van der Waals surface area (Å²) in [6, 6.07) is 0. The number of ether oxygens (including phenoxy) is 1. The zero-order chi connectivity index (χ0) is 9.42. The van der Waals surface area contributed by atoms with E-state index in [9.17, 15) is 4.79 Å². The van der Waals surface area contributed by atoms with E-state index >= 15 is 0 Å². The van der Waals surface area contributed by atoms with Crippen LogP contribution in [0.3, 0.4) is 0 Å². The molecule has 1 heterocycles. The minimum atomic E-state index is -0.284. The van der Waals surface area contributed by atoms with Gasteiger partial charge in [-0.3, -0.25) is 5.10 Å². The molecule has 0 aromatic carbocycles. The number of nitrogens with one attached hydrogen (secondary N) is 1. The molecule has 1 fully saturated rings. The lowest BCUT2D eigenvalue weighted by Gasteiger charge is -1.99. The van der Waals surface area contributed by atoms with Crippen molar-refractivity contribution >= 4 is 5.97 Å². The van der Waals surface area contributed by atoms with Gasteiger partial charge in [-0.1, -0.05) is 0 Å². The van der Waals surface area contributed by atoms with Gasteiger partial charge >= 0.3 is 5.97 Å². The van der Waals surface area contributed by atoms with Crippen LogP contribution in [0.4, 0.5) is 0 Å². The molecule has 1 aromatic heterocycles. The van der Waals surface area contributed by atoms with Gasteiger partial charge in [-0.05, 0) is 19.8 Å². The molecule has 0 saturated heterocycles. The summed E-state index contributed by atoms with van der Waals surface area (Å²) in [7, 11) is 1.39. The first-order chi connectivity index (χ1) is 6.24. The van der Waals surface area contributed by atoms with Crippen molar-refractivity contribution in [1.29, 1.82) is 0 Å². The Balaban J connectivity index is 2.39. The van der Waals surface area contributed by atoms with E-state index in [2.05, 4.69) is 10.2 Å². The van der Waals surface area contributed by atoms with E-state index < -0.39 is 0 Å². The first-order valence-electron chi connectivity index (χ1n) is 4.37. The molecular weight excluding hydrogens is 168 g/mol. The van der Waals surface area contributed by atoms with Gasteiger partial charge in [0.15, 0.2) is 0 Å². The molecule has 0 atom stereocenters. The monoisotopic (exact) mass is 180 g/mol. The second-order valence-corrected chi connectivity index (χ2v) is 3.37. The van der Waals surface area contributed by atoms with Crippen molar-refractivity contribution in [1.82, 2.24) is 10.2 Å². The van der Waals surface area contributed by atoms with Gasteiger partial charge in [-0.15, -0.1) is 0 Å². The number of carbonyl (C=O) groups excluding carboxylic acids is 1. The third kappa shape index (κ3) is 1.32. The standard InChI is InChI=1S/C9H12N2O2/c1-5-7(9(12)13-2)8(11-10-5)6-3-4-6/h6H,3-4H2,1-2H3,(H,10,11). The summed E-state index contributed by atoms with van der Waals surface area (Å²) < 4.78 is 4.70. The average Bonchev–Trinajstić information content (AvgIpc) is 2.89. The van der Waals surface area contributed by atoms with Crippen LogP contribution in [0.2, 0.25) is 0 Å². The molecule has 0 radical (unpaired) electrons. The second-order valence-electron chi connectivity index (χ2n) is 3.37. The van der Waals surface area contributed by atoms with Crippen LogP contribution in [0.5, 0.6) is 0 Å². The number of aromatic amines is 1. The number of aromatic nitrogens is 2. The molecule has 1 aliphatic rings. The third-order valence-corrected chi connectivity index (χ3v) is 2.33. The molecule has 1 N–H and O–H groups in total. The largest absolute Gasteiger partial charge is 0.465 e. The molecule has 4 heteroatoms. The molecule has 0 aliphatic heterocycles. The van der Waals surface area contributed by atoms with Crippen molar-refractivity contribution in [3.05, 3.63) is 17.0 Å². The van der Waals surface area contributed by atoms with E-state index in [1.807, 2.05) is 6.92 Å². The summed E-state index contributed by atoms with van der Waals surface area (Å²) in [6.45, 7) is 1.84. The molecule has 0 bridgehead atoms. The van der Waals surface area contributed by atoms with Crippen LogP contribution in [0.15, 0.2) is 0 Å². The van der Waals surface area contributed by atoms with Crippen LogP contribution in [0, 0.1) is 6.92 Å². The van der Waals surface area contributed by atoms with Crippen LogP contribution < -0.4 is 0 Å². The van der Waals surface area contributed by atoms with Crippen LogP contribution in [0.25, 0.3) is 0 Å². The third-order valence-electron chi connectivity index (χ3n) is 2.33. The Labute approximate surface area is 76.3 Å². The predicted octanol–water partition coefficient (Wildman–Crippen LogP) is 1.38. The molecule has 0 amide bonds. The fourth-order valence-corrected chi connectivity index (χ4v) is 1.46. The Bertz CT molecular complexity index is 339. The quantitative estimate of drug-likeness (QED) is 0.699. The van der Waals surface area contributed by atoms with Gasteiger partial charge in [-0.2, -0.15) is 5.10 Å². The van der Waals surface area contributed by atoms with Crippen molar-refractivity contribution in [2.45, 2.75) is 25.7 Å². The Kier molecular flexibility index (Phi) is 1.83. The van der Waals surface area contributed by atoms with Gasteiger partial charge in [0.05, 0.1) is 12.8 Å². The lowest BCUT2D eigenvalue weighted by atomic mass is 10.1. The molecule has 2 rings (SSSR count). The Morgan fingerprint density at radius 2 is 2.31 bits per heavy atom. The van der Waals surface area contributed by atoms with Crippen LogP contribution in [-0.4, -0.2) is 23.3 Å². The topological polar surface area (TPSA) is 55.0 Å². The number of aryl methyl sites for hydroxylation is 1. The van der Waals surface area contributed by atoms with Gasteiger partial charge in [0.25, 0.3) is 0 Å². The van der Waals surface area contributed by atoms with Gasteiger partial charge < -0.3 is 4.74 Å². The maximum absolute atomic E-state index is 11.4. The maximum atomic E-state index is 11.4. The summed E-state index contributed by atoms with van der Waals surface area (Å²) >= 11 is 0. The van der Waals surface area contributed by atoms with Crippen LogP contribution in [-0.2, 0) is 4.74 Å². The highest BCUT2D eigenvalue weighted by Gasteiger charge is 2.32. The fourth-order valence-electron chi connectivity index (χ4n) is 1.46. The summed E-state index contributed by atoms with van der Waals surface area (Å²) in [5.41, 5.74) is 2.31. The summed E-state index contributed by atoms with van der Waals surface area (Å²) in [5, 5.41) is 6.94. The van der Waals surface area contributed by atoms with E-state index in [1.165, 1.54) is 7.11 Å². The summed E-state index contributed by atoms with van der Waals surface area (Å²) in [6.07, 6.45) is 2.27. The Morgan fingerprint density at radius 1 is 1.62 bits per heavy atom. The molecule has 13 heavy (non-hydrogen) atoms. The minimum Gasteiger partial charge on any atom is -0.465 e. The summed E-state index contributed by atoms with van der Waals surface area (Å²) in [5.74, 6) is 0.187. The number of rotatable bonds is 2. The van der Waals surface area contributed by atoms with Gasteiger partial charge in [0.1, 0.15) is 5.56 Å². The SMILES string of the molecule is COC(=O)c1c(C2CC2)n[nH]c1C. The summed E-state index contributed by atoms with van der Waals surface area (Å²) in [4.78, 5) is 11.4. The second kappa shape index (κ2) is 2.87. The van der Waals surface area contributed by atoms with Crippen molar-refractivity contribution in [2.24, 2.45) is 0 Å². The highest BCUT2D eigenvalue weighted by molar-refractivity contribution is 5.92. The number of nitrogens with zero attached hydrogens (tertiary/aromatic N) is 1. The highest BCUT2D eigenvalue weighted by atomic mass is 16.5. The fraction of sp³-hybridized carbons (Fsp3) is 0.556. The van der Waals surface area contributed by atoms with E-state index in [1.54, 1.807) is 0 Å². The first kappa shape index (κ1) is 8.29. The number of methoxy groups -OCH3 is 1. The molecule has 1 saturated carbocycles. The molecule has 4 nitrogen and oxygen atoms in total. The van der Waals surface area contributed by atoms with Crippen molar-refractivity contribution in [3.8, 4) is 0 Å². The van der Waals surface area contributed by atoms with Crippen molar-refractivity contribution in [2.75, 3.05) is 7.11 Å². The molecule has 1 aromatic rings. The highest BCUT2D eigenvalue weighted by Crippen LogP contribution is 2.41. The Hall–Kier alpha value is -1.32. The van der Waals surface area contributed by atoms with Crippen molar-refractivity contribution in [3.63, 3.8) is 0 Å². The molecule has 1 aliphatic carbocycles.